The van der Waals surface area contributed by atoms with Gasteiger partial charge in [0.15, 0.2) is 0 Å². The van der Waals surface area contributed by atoms with Crippen LogP contribution < -0.4 is 0 Å². The van der Waals surface area contributed by atoms with E-state index in [1.807, 2.05) is 0 Å². The molecule has 248 valence electrons. The molecule has 0 unspecified atom stereocenters. The van der Waals surface area contributed by atoms with E-state index in [-0.39, 0.29) is 0 Å². The molecule has 0 amide bonds. The van der Waals surface area contributed by atoms with Crippen LogP contribution in [0, 0.1) is 0 Å². The van der Waals surface area contributed by atoms with Gasteiger partial charge in [0, 0.05) is 0 Å². The van der Waals surface area contributed by atoms with E-state index < -0.39 is 0 Å². The quantitative estimate of drug-likeness (QED) is 0.0395. The van der Waals surface area contributed by atoms with Crippen molar-refractivity contribution in [2.45, 2.75) is 239 Å². The van der Waals surface area contributed by atoms with Gasteiger partial charge in [0.25, 0.3) is 0 Å². The molecule has 0 aromatic carbocycles. The van der Waals surface area contributed by atoms with Crippen LogP contribution in [0.15, 0.2) is 29.5 Å². The number of hydrogen-bond acceptors (Lipinski definition) is 0. The van der Waals surface area contributed by atoms with Crippen LogP contribution in [-0.4, -0.2) is 0 Å². The summed E-state index contributed by atoms with van der Waals surface area (Å²) in [6.07, 6.45) is 55.0. The van der Waals surface area contributed by atoms with Crippen molar-refractivity contribution in [3.05, 3.63) is 29.5 Å². The molecule has 0 aliphatic rings. The first-order valence-electron chi connectivity index (χ1n) is 20.0. The molecule has 0 bridgehead atoms. The highest BCUT2D eigenvalue weighted by Gasteiger charge is 1.97. The summed E-state index contributed by atoms with van der Waals surface area (Å²) >= 11 is 0. The molecular formula is C42H80. The maximum Gasteiger partial charge on any atom is -0.00669 e. The summed E-state index contributed by atoms with van der Waals surface area (Å²) in [5.41, 5.74) is 5.19. The molecule has 0 N–H and O–H groups in total. The lowest BCUT2D eigenvalue weighted by molar-refractivity contribution is 0.549. The fourth-order valence-electron chi connectivity index (χ4n) is 6.10. The van der Waals surface area contributed by atoms with Crippen molar-refractivity contribution < 1.29 is 0 Å². The van der Waals surface area contributed by atoms with E-state index in [4.69, 9.17) is 0 Å². The fraction of sp³-hybridized carbons (Fsp3) is 0.881. The summed E-state index contributed by atoms with van der Waals surface area (Å²) < 4.78 is 0. The normalized spacial score (nSPS) is 11.4. The Morgan fingerprint density at radius 1 is 0.357 bits per heavy atom. The van der Waals surface area contributed by atoms with Crippen molar-refractivity contribution >= 4 is 0 Å². The summed E-state index contributed by atoms with van der Waals surface area (Å²) in [6, 6.07) is 0. The van der Waals surface area contributed by atoms with E-state index in [0.717, 1.165) is 0 Å². The standard InChI is InChI=1S/C42H80/c1-4-7-10-13-16-19-22-23-26-29-32-35-38-41-42(39-36-33-30-27-24-20-17-14-11-8-5-2)40-37-34-31-28-25-21-18-15-12-9-6-3/h36,38-39H,4-35,37,40H2,1-3H3/b39-36+. The molecule has 0 heteroatoms. The lowest BCUT2D eigenvalue weighted by Gasteiger charge is -2.03. The van der Waals surface area contributed by atoms with Crippen LogP contribution in [0.1, 0.15) is 239 Å². The van der Waals surface area contributed by atoms with E-state index >= 15 is 0 Å². The maximum absolute atomic E-state index is 3.73. The average Bonchev–Trinajstić information content (AvgIpc) is 3.00. The predicted octanol–water partition coefficient (Wildman–Crippen LogP) is 15.9. The second-order valence-corrected chi connectivity index (χ2v) is 13.5. The fourth-order valence-corrected chi connectivity index (χ4v) is 6.10. The zero-order valence-corrected chi connectivity index (χ0v) is 29.8. The highest BCUT2D eigenvalue weighted by Crippen LogP contribution is 2.16. The molecule has 0 atom stereocenters. The van der Waals surface area contributed by atoms with Gasteiger partial charge < -0.3 is 0 Å². The van der Waals surface area contributed by atoms with Crippen molar-refractivity contribution in [2.75, 3.05) is 0 Å². The third-order valence-electron chi connectivity index (χ3n) is 9.08. The Labute approximate surface area is 268 Å². The van der Waals surface area contributed by atoms with E-state index in [9.17, 15) is 0 Å². The molecular weight excluding hydrogens is 504 g/mol. The number of rotatable bonds is 35. The summed E-state index contributed by atoms with van der Waals surface area (Å²) in [4.78, 5) is 0. The van der Waals surface area contributed by atoms with E-state index in [1.165, 1.54) is 224 Å². The van der Waals surface area contributed by atoms with Crippen molar-refractivity contribution in [2.24, 2.45) is 0 Å². The van der Waals surface area contributed by atoms with Crippen LogP contribution >= 0.6 is 0 Å². The van der Waals surface area contributed by atoms with Gasteiger partial charge in [-0.25, -0.2) is 0 Å². The maximum atomic E-state index is 3.73. The van der Waals surface area contributed by atoms with Crippen LogP contribution in [0.25, 0.3) is 0 Å². The zero-order valence-electron chi connectivity index (χ0n) is 29.8. The van der Waals surface area contributed by atoms with Gasteiger partial charge in [-0.2, -0.15) is 0 Å². The highest BCUT2D eigenvalue weighted by molar-refractivity contribution is 5.18. The van der Waals surface area contributed by atoms with E-state index in [0.29, 0.717) is 0 Å². The van der Waals surface area contributed by atoms with Crippen molar-refractivity contribution in [3.8, 4) is 0 Å². The molecule has 0 aromatic rings. The minimum atomic E-state index is 1.21. The van der Waals surface area contributed by atoms with Crippen LogP contribution in [-0.2, 0) is 0 Å². The van der Waals surface area contributed by atoms with Crippen molar-refractivity contribution in [1.29, 1.82) is 0 Å². The Morgan fingerprint density at radius 3 is 1.05 bits per heavy atom. The monoisotopic (exact) mass is 585 g/mol. The molecule has 0 rings (SSSR count). The summed E-state index contributed by atoms with van der Waals surface area (Å²) in [5.74, 6) is 0. The molecule has 0 nitrogen and oxygen atoms in total. The van der Waals surface area contributed by atoms with Crippen LogP contribution in [0.2, 0.25) is 0 Å². The van der Waals surface area contributed by atoms with E-state index in [2.05, 4.69) is 44.7 Å². The molecule has 0 radical (unpaired) electrons. The molecule has 42 heavy (non-hydrogen) atoms. The van der Waals surface area contributed by atoms with Crippen LogP contribution in [0.4, 0.5) is 0 Å². The van der Waals surface area contributed by atoms with Gasteiger partial charge in [0.1, 0.15) is 0 Å². The van der Waals surface area contributed by atoms with Gasteiger partial charge in [-0.15, -0.1) is 5.73 Å². The molecule has 0 saturated carbocycles. The molecule has 0 heterocycles. The Kier molecular flexibility index (Phi) is 37.6. The highest BCUT2D eigenvalue weighted by atomic mass is 14.0. The second kappa shape index (κ2) is 38.3. The molecule has 0 spiro atoms. The van der Waals surface area contributed by atoms with Crippen LogP contribution in [0.5, 0.6) is 0 Å². The minimum absolute atomic E-state index is 1.21. The first-order chi connectivity index (χ1) is 20.8. The summed E-state index contributed by atoms with van der Waals surface area (Å²) in [6.45, 7) is 6.92. The summed E-state index contributed by atoms with van der Waals surface area (Å²) in [5, 5.41) is 0. The number of allylic oxidation sites excluding steroid dienone is 3. The van der Waals surface area contributed by atoms with Gasteiger partial charge in [-0.05, 0) is 50.2 Å². The Morgan fingerprint density at radius 2 is 0.667 bits per heavy atom. The average molecular weight is 585 g/mol. The van der Waals surface area contributed by atoms with Crippen LogP contribution in [0.3, 0.4) is 0 Å². The number of unbranched alkanes of at least 4 members (excludes halogenated alkanes) is 30. The van der Waals surface area contributed by atoms with Gasteiger partial charge in [-0.3, -0.25) is 0 Å². The van der Waals surface area contributed by atoms with Gasteiger partial charge in [0.05, 0.1) is 0 Å². The predicted molar refractivity (Wildman–Crippen MR) is 195 cm³/mol. The van der Waals surface area contributed by atoms with Gasteiger partial charge >= 0.3 is 0 Å². The Bertz CT molecular complexity index is 575. The first kappa shape index (κ1) is 41.3. The minimum Gasteiger partial charge on any atom is -0.122 e. The summed E-state index contributed by atoms with van der Waals surface area (Å²) in [7, 11) is 0. The third-order valence-corrected chi connectivity index (χ3v) is 9.08. The van der Waals surface area contributed by atoms with E-state index in [1.54, 1.807) is 0 Å². The lowest BCUT2D eigenvalue weighted by atomic mass is 10.0. The Balaban J connectivity index is 4.16. The SMILES string of the molecule is CCCCCCCCCCC/C=C/C(=C=CCCCCCCCCCCCCC)CCCCCCCCCCCCC. The molecule has 0 aliphatic carbocycles. The zero-order chi connectivity index (χ0) is 30.4. The topological polar surface area (TPSA) is 0 Å². The van der Waals surface area contributed by atoms with Gasteiger partial charge in [-0.1, -0.05) is 213 Å². The smallest absolute Gasteiger partial charge is 0.00669 e. The first-order valence-corrected chi connectivity index (χ1v) is 20.0. The molecule has 0 fully saturated rings. The molecule has 0 aliphatic heterocycles. The Hall–Kier alpha value is -0.740. The lowest BCUT2D eigenvalue weighted by Crippen LogP contribution is -1.84. The molecule has 0 aromatic heterocycles. The number of hydrogen-bond donors (Lipinski definition) is 0. The third kappa shape index (κ3) is 35.5. The largest absolute Gasteiger partial charge is 0.122 e. The second-order valence-electron chi connectivity index (χ2n) is 13.5. The van der Waals surface area contributed by atoms with Crippen molar-refractivity contribution in [1.82, 2.24) is 0 Å². The van der Waals surface area contributed by atoms with Crippen molar-refractivity contribution in [3.63, 3.8) is 0 Å². The van der Waals surface area contributed by atoms with Gasteiger partial charge in [0.2, 0.25) is 0 Å². The molecule has 0 saturated heterocycles.